The van der Waals surface area contributed by atoms with E-state index in [2.05, 4.69) is 0 Å². The van der Waals surface area contributed by atoms with Crippen LogP contribution in [0.25, 0.3) is 0 Å². The predicted octanol–water partition coefficient (Wildman–Crippen LogP) is 1.40. The van der Waals surface area contributed by atoms with E-state index in [1.54, 1.807) is 4.90 Å². The van der Waals surface area contributed by atoms with Crippen molar-refractivity contribution in [3.05, 3.63) is 35.6 Å². The van der Waals surface area contributed by atoms with Crippen LogP contribution in [0.3, 0.4) is 0 Å². The SMILES string of the molecule is CC1(C)COC(CN)CN1C(=O)c1ccc(F)cc1. The fourth-order valence-electron chi connectivity index (χ4n) is 2.15. The smallest absolute Gasteiger partial charge is 0.254 e. The number of rotatable bonds is 2. The van der Waals surface area contributed by atoms with Gasteiger partial charge in [-0.05, 0) is 38.1 Å². The molecule has 5 heteroatoms. The Morgan fingerprint density at radius 1 is 1.47 bits per heavy atom. The van der Waals surface area contributed by atoms with Gasteiger partial charge in [-0.1, -0.05) is 0 Å². The van der Waals surface area contributed by atoms with E-state index in [4.69, 9.17) is 10.5 Å². The molecule has 1 aromatic carbocycles. The van der Waals surface area contributed by atoms with Gasteiger partial charge < -0.3 is 15.4 Å². The molecule has 1 aliphatic rings. The number of amides is 1. The van der Waals surface area contributed by atoms with Gasteiger partial charge in [0.1, 0.15) is 5.82 Å². The molecule has 1 aromatic rings. The third-order valence-corrected chi connectivity index (χ3v) is 3.39. The zero-order chi connectivity index (χ0) is 14.0. The Labute approximate surface area is 112 Å². The Morgan fingerprint density at radius 2 is 2.11 bits per heavy atom. The zero-order valence-electron chi connectivity index (χ0n) is 11.2. The van der Waals surface area contributed by atoms with Gasteiger partial charge in [-0.25, -0.2) is 4.39 Å². The molecular formula is C14H19FN2O2. The summed E-state index contributed by atoms with van der Waals surface area (Å²) in [4.78, 5) is 14.2. The topological polar surface area (TPSA) is 55.6 Å². The number of halogens is 1. The monoisotopic (exact) mass is 266 g/mol. The number of carbonyl (C=O) groups is 1. The normalized spacial score (nSPS) is 22.3. The highest BCUT2D eigenvalue weighted by molar-refractivity contribution is 5.94. The molecule has 104 valence electrons. The summed E-state index contributed by atoms with van der Waals surface area (Å²) in [6.45, 7) is 5.17. The molecule has 2 N–H and O–H groups in total. The van der Waals surface area contributed by atoms with Crippen LogP contribution < -0.4 is 5.73 Å². The molecule has 1 unspecified atom stereocenters. The Morgan fingerprint density at radius 3 is 2.68 bits per heavy atom. The van der Waals surface area contributed by atoms with Crippen LogP contribution in [0.4, 0.5) is 4.39 Å². The van der Waals surface area contributed by atoms with Crippen LogP contribution in [0, 0.1) is 5.82 Å². The van der Waals surface area contributed by atoms with E-state index in [1.807, 2.05) is 13.8 Å². The highest BCUT2D eigenvalue weighted by atomic mass is 19.1. The minimum absolute atomic E-state index is 0.119. The summed E-state index contributed by atoms with van der Waals surface area (Å²) < 4.78 is 18.5. The largest absolute Gasteiger partial charge is 0.373 e. The van der Waals surface area contributed by atoms with Crippen LogP contribution in [0.15, 0.2) is 24.3 Å². The molecule has 1 fully saturated rings. The maximum absolute atomic E-state index is 12.9. The molecule has 19 heavy (non-hydrogen) atoms. The fraction of sp³-hybridized carbons (Fsp3) is 0.500. The Kier molecular flexibility index (Phi) is 3.87. The molecule has 4 nitrogen and oxygen atoms in total. The standard InChI is InChI=1S/C14H19FN2O2/c1-14(2)9-19-12(7-16)8-17(14)13(18)10-3-5-11(15)6-4-10/h3-6,12H,7-9,16H2,1-2H3. The summed E-state index contributed by atoms with van der Waals surface area (Å²) >= 11 is 0. The average Bonchev–Trinajstić information content (AvgIpc) is 2.39. The van der Waals surface area contributed by atoms with Gasteiger partial charge in [0.15, 0.2) is 0 Å². The summed E-state index contributed by atoms with van der Waals surface area (Å²) in [5.74, 6) is -0.468. The first-order valence-electron chi connectivity index (χ1n) is 6.33. The summed E-state index contributed by atoms with van der Waals surface area (Å²) in [6.07, 6.45) is -0.141. The molecule has 0 spiro atoms. The number of benzene rings is 1. The highest BCUT2D eigenvalue weighted by Crippen LogP contribution is 2.24. The quantitative estimate of drug-likeness (QED) is 0.880. The minimum atomic E-state index is -0.392. The van der Waals surface area contributed by atoms with Crippen LogP contribution in [0.5, 0.6) is 0 Å². The van der Waals surface area contributed by atoms with Crippen molar-refractivity contribution in [3.63, 3.8) is 0 Å². The lowest BCUT2D eigenvalue weighted by Gasteiger charge is -2.45. The Balaban J connectivity index is 2.22. The maximum atomic E-state index is 12.9. The van der Waals surface area contributed by atoms with Crippen molar-refractivity contribution in [2.45, 2.75) is 25.5 Å². The summed E-state index contributed by atoms with van der Waals surface area (Å²) in [7, 11) is 0. The number of hydrogen-bond acceptors (Lipinski definition) is 3. The van der Waals surface area contributed by atoms with E-state index in [0.717, 1.165) is 0 Å². The molecule has 1 atom stereocenters. The lowest BCUT2D eigenvalue weighted by molar-refractivity contribution is -0.0788. The Hall–Kier alpha value is -1.46. The van der Waals surface area contributed by atoms with Gasteiger partial charge in [0.25, 0.3) is 5.91 Å². The van der Waals surface area contributed by atoms with Gasteiger partial charge in [-0.15, -0.1) is 0 Å². The fourth-order valence-corrected chi connectivity index (χ4v) is 2.15. The highest BCUT2D eigenvalue weighted by Gasteiger charge is 2.37. The van der Waals surface area contributed by atoms with Crippen LogP contribution >= 0.6 is 0 Å². The molecule has 0 aromatic heterocycles. The van der Waals surface area contributed by atoms with Crippen molar-refractivity contribution in [2.75, 3.05) is 19.7 Å². The second-order valence-electron chi connectivity index (χ2n) is 5.40. The van der Waals surface area contributed by atoms with E-state index in [9.17, 15) is 9.18 Å². The lowest BCUT2D eigenvalue weighted by Crippen LogP contribution is -2.59. The van der Waals surface area contributed by atoms with Crippen LogP contribution in [-0.2, 0) is 4.74 Å². The lowest BCUT2D eigenvalue weighted by atomic mass is 9.99. The molecular weight excluding hydrogens is 247 g/mol. The third-order valence-electron chi connectivity index (χ3n) is 3.39. The number of ether oxygens (including phenoxy) is 1. The van der Waals surface area contributed by atoms with Crippen molar-refractivity contribution in [1.29, 1.82) is 0 Å². The Bertz CT molecular complexity index is 459. The first kappa shape index (κ1) is 14.0. The number of nitrogens with two attached hydrogens (primary N) is 1. The van der Waals surface area contributed by atoms with E-state index in [0.29, 0.717) is 25.3 Å². The predicted molar refractivity (Wildman–Crippen MR) is 70.3 cm³/mol. The van der Waals surface area contributed by atoms with Gasteiger partial charge in [0, 0.05) is 18.7 Å². The van der Waals surface area contributed by atoms with Crippen LogP contribution in [-0.4, -0.2) is 42.1 Å². The maximum Gasteiger partial charge on any atom is 0.254 e. The summed E-state index contributed by atoms with van der Waals surface area (Å²) in [5, 5.41) is 0. The average molecular weight is 266 g/mol. The van der Waals surface area contributed by atoms with E-state index in [-0.39, 0.29) is 17.8 Å². The zero-order valence-corrected chi connectivity index (χ0v) is 11.2. The van der Waals surface area contributed by atoms with Gasteiger partial charge in [-0.2, -0.15) is 0 Å². The minimum Gasteiger partial charge on any atom is -0.373 e. The van der Waals surface area contributed by atoms with Crippen molar-refractivity contribution in [1.82, 2.24) is 4.90 Å². The van der Waals surface area contributed by atoms with Crippen molar-refractivity contribution in [3.8, 4) is 0 Å². The molecule has 2 rings (SSSR count). The molecule has 1 aliphatic heterocycles. The van der Waals surface area contributed by atoms with Gasteiger partial charge in [0.2, 0.25) is 0 Å². The summed E-state index contributed by atoms with van der Waals surface area (Å²) in [5.41, 5.74) is 5.69. The number of nitrogens with zero attached hydrogens (tertiary/aromatic N) is 1. The van der Waals surface area contributed by atoms with E-state index in [1.165, 1.54) is 24.3 Å². The van der Waals surface area contributed by atoms with Gasteiger partial charge in [0.05, 0.1) is 18.2 Å². The molecule has 0 saturated carbocycles. The van der Waals surface area contributed by atoms with Gasteiger partial charge >= 0.3 is 0 Å². The molecule has 0 radical (unpaired) electrons. The number of carbonyl (C=O) groups excluding carboxylic acids is 1. The molecule has 1 saturated heterocycles. The van der Waals surface area contributed by atoms with Crippen LogP contribution in [0.2, 0.25) is 0 Å². The second-order valence-corrected chi connectivity index (χ2v) is 5.40. The van der Waals surface area contributed by atoms with E-state index < -0.39 is 5.54 Å². The summed E-state index contributed by atoms with van der Waals surface area (Å²) in [6, 6.07) is 5.59. The number of morpholine rings is 1. The van der Waals surface area contributed by atoms with Crippen LogP contribution in [0.1, 0.15) is 24.2 Å². The van der Waals surface area contributed by atoms with Crippen molar-refractivity contribution in [2.24, 2.45) is 5.73 Å². The first-order chi connectivity index (χ1) is 8.94. The van der Waals surface area contributed by atoms with Gasteiger partial charge in [-0.3, -0.25) is 4.79 Å². The molecule has 0 bridgehead atoms. The third kappa shape index (κ3) is 2.93. The second kappa shape index (κ2) is 5.27. The van der Waals surface area contributed by atoms with E-state index >= 15 is 0 Å². The molecule has 0 aliphatic carbocycles. The number of hydrogen-bond donors (Lipinski definition) is 1. The van der Waals surface area contributed by atoms with Crippen molar-refractivity contribution < 1.29 is 13.9 Å². The van der Waals surface area contributed by atoms with Crippen molar-refractivity contribution >= 4 is 5.91 Å². The molecule has 1 heterocycles. The molecule has 1 amide bonds. The first-order valence-corrected chi connectivity index (χ1v) is 6.33.